The highest BCUT2D eigenvalue weighted by molar-refractivity contribution is 7.19. The van der Waals surface area contributed by atoms with E-state index in [0.717, 1.165) is 27.1 Å². The predicted octanol–water partition coefficient (Wildman–Crippen LogP) is 6.59. The van der Waals surface area contributed by atoms with Gasteiger partial charge in [-0.25, -0.2) is 4.98 Å². The molecule has 0 spiro atoms. The number of hydrogen-bond acceptors (Lipinski definition) is 4. The monoisotopic (exact) mass is 402 g/mol. The molecule has 0 aliphatic heterocycles. The van der Waals surface area contributed by atoms with E-state index in [1.165, 1.54) is 11.3 Å². The first kappa shape index (κ1) is 18.2. The summed E-state index contributed by atoms with van der Waals surface area (Å²) >= 11 is 7.69. The number of hydrogen-bond donors (Lipinski definition) is 0. The lowest BCUT2D eigenvalue weighted by molar-refractivity contribution is 0.306. The smallest absolute Gasteiger partial charge is 0.135 e. The van der Waals surface area contributed by atoms with Gasteiger partial charge in [-0.15, -0.1) is 11.3 Å². The molecule has 28 heavy (non-hydrogen) atoms. The average molecular weight is 403 g/mol. The Balaban J connectivity index is 1.57. The number of allylic oxidation sites excluding steroid dienone is 1. The van der Waals surface area contributed by atoms with Gasteiger partial charge in [0.25, 0.3) is 0 Å². The molecular weight excluding hydrogens is 388 g/mol. The van der Waals surface area contributed by atoms with Crippen molar-refractivity contribution in [2.75, 3.05) is 0 Å². The number of fused-ring (bicyclic) bond motifs is 1. The number of rotatable bonds is 5. The Morgan fingerprint density at radius 1 is 1.07 bits per heavy atom. The maximum atomic E-state index is 9.62. The number of para-hydroxylation sites is 1. The SMILES string of the molecule is N#C/C(=C\c1cccc(OCc2ccccc2Cl)c1)c1nc2ccccc2s1. The van der Waals surface area contributed by atoms with Crippen LogP contribution in [-0.2, 0) is 6.61 Å². The van der Waals surface area contributed by atoms with Crippen molar-refractivity contribution in [3.8, 4) is 11.8 Å². The van der Waals surface area contributed by atoms with Crippen molar-refractivity contribution in [3.63, 3.8) is 0 Å². The number of aromatic nitrogens is 1. The summed E-state index contributed by atoms with van der Waals surface area (Å²) in [5, 5.41) is 11.0. The summed E-state index contributed by atoms with van der Waals surface area (Å²) in [5.74, 6) is 0.718. The summed E-state index contributed by atoms with van der Waals surface area (Å²) < 4.78 is 6.94. The van der Waals surface area contributed by atoms with Crippen LogP contribution in [0.4, 0.5) is 0 Å². The van der Waals surface area contributed by atoms with Gasteiger partial charge in [0.1, 0.15) is 23.4 Å². The van der Waals surface area contributed by atoms with Gasteiger partial charge in [-0.2, -0.15) is 5.26 Å². The lowest BCUT2D eigenvalue weighted by atomic mass is 10.1. The minimum Gasteiger partial charge on any atom is -0.489 e. The fourth-order valence-corrected chi connectivity index (χ4v) is 3.89. The molecule has 0 fully saturated rings. The molecule has 3 aromatic carbocycles. The molecule has 4 aromatic rings. The Morgan fingerprint density at radius 2 is 1.89 bits per heavy atom. The molecule has 0 saturated heterocycles. The topological polar surface area (TPSA) is 45.9 Å². The first-order valence-electron chi connectivity index (χ1n) is 8.67. The third kappa shape index (κ3) is 4.07. The number of nitriles is 1. The van der Waals surface area contributed by atoms with E-state index in [4.69, 9.17) is 16.3 Å². The van der Waals surface area contributed by atoms with Crippen LogP contribution in [0.1, 0.15) is 16.1 Å². The molecule has 1 heterocycles. The van der Waals surface area contributed by atoms with Crippen LogP contribution in [0.15, 0.2) is 72.8 Å². The predicted molar refractivity (Wildman–Crippen MR) is 115 cm³/mol. The molecule has 5 heteroatoms. The van der Waals surface area contributed by atoms with E-state index in [0.29, 0.717) is 22.2 Å². The van der Waals surface area contributed by atoms with E-state index in [1.54, 1.807) is 0 Å². The van der Waals surface area contributed by atoms with Crippen molar-refractivity contribution >= 4 is 44.8 Å². The minimum atomic E-state index is 0.385. The van der Waals surface area contributed by atoms with Crippen molar-refractivity contribution in [1.29, 1.82) is 5.26 Å². The maximum absolute atomic E-state index is 9.62. The third-order valence-corrected chi connectivity index (χ3v) is 5.60. The highest BCUT2D eigenvalue weighted by atomic mass is 35.5. The standard InChI is InChI=1S/C23H15ClN2OS/c24-20-9-2-1-7-17(20)15-27-19-8-5-6-16(13-19)12-18(14-25)23-26-21-10-3-4-11-22(21)28-23/h1-13H,15H2/b18-12+. The van der Waals surface area contributed by atoms with Crippen LogP contribution in [0.3, 0.4) is 0 Å². The Kier molecular flexibility index (Phi) is 5.38. The van der Waals surface area contributed by atoms with Gasteiger partial charge in [0.05, 0.1) is 15.8 Å². The third-order valence-electron chi connectivity index (χ3n) is 4.17. The van der Waals surface area contributed by atoms with Gasteiger partial charge in [-0.05, 0) is 42.0 Å². The largest absolute Gasteiger partial charge is 0.489 e. The fraction of sp³-hybridized carbons (Fsp3) is 0.0435. The lowest BCUT2D eigenvalue weighted by Crippen LogP contribution is -1.96. The van der Waals surface area contributed by atoms with Crippen LogP contribution >= 0.6 is 22.9 Å². The van der Waals surface area contributed by atoms with Crippen LogP contribution in [0.25, 0.3) is 21.9 Å². The van der Waals surface area contributed by atoms with Crippen molar-refractivity contribution in [2.24, 2.45) is 0 Å². The molecule has 1 aromatic heterocycles. The number of thiazole rings is 1. The van der Waals surface area contributed by atoms with Crippen LogP contribution in [0.2, 0.25) is 5.02 Å². The molecule has 136 valence electrons. The van der Waals surface area contributed by atoms with E-state index < -0.39 is 0 Å². The molecule has 0 radical (unpaired) electrons. The highest BCUT2D eigenvalue weighted by Crippen LogP contribution is 2.28. The number of halogens is 1. The fourth-order valence-electron chi connectivity index (χ4n) is 2.77. The zero-order valence-corrected chi connectivity index (χ0v) is 16.4. The Hall–Kier alpha value is -3.13. The van der Waals surface area contributed by atoms with Crippen molar-refractivity contribution in [2.45, 2.75) is 6.61 Å². The Morgan fingerprint density at radius 3 is 2.71 bits per heavy atom. The quantitative estimate of drug-likeness (QED) is 0.353. The zero-order valence-electron chi connectivity index (χ0n) is 14.8. The molecule has 3 nitrogen and oxygen atoms in total. The second-order valence-electron chi connectivity index (χ2n) is 6.11. The number of benzene rings is 3. The van der Waals surface area contributed by atoms with E-state index in [2.05, 4.69) is 11.1 Å². The van der Waals surface area contributed by atoms with Crippen molar-refractivity contribution in [1.82, 2.24) is 4.98 Å². The molecule has 0 saturated carbocycles. The van der Waals surface area contributed by atoms with Gasteiger partial charge >= 0.3 is 0 Å². The Bertz CT molecular complexity index is 1170. The first-order valence-corrected chi connectivity index (χ1v) is 9.86. The first-order chi connectivity index (χ1) is 13.7. The van der Waals surface area contributed by atoms with Crippen LogP contribution in [0.5, 0.6) is 5.75 Å². The summed E-state index contributed by atoms with van der Waals surface area (Å²) in [4.78, 5) is 4.57. The summed E-state index contributed by atoms with van der Waals surface area (Å²) in [6.07, 6.45) is 1.83. The molecular formula is C23H15ClN2OS. The highest BCUT2D eigenvalue weighted by Gasteiger charge is 2.09. The molecule has 0 N–H and O–H groups in total. The van der Waals surface area contributed by atoms with Gasteiger partial charge in [0.2, 0.25) is 0 Å². The van der Waals surface area contributed by atoms with E-state index in [1.807, 2.05) is 78.9 Å². The van der Waals surface area contributed by atoms with E-state index in [-0.39, 0.29) is 0 Å². The second kappa shape index (κ2) is 8.26. The Labute approximate surface area is 172 Å². The molecule has 0 bridgehead atoms. The van der Waals surface area contributed by atoms with Crippen LogP contribution < -0.4 is 4.74 Å². The number of nitrogens with zero attached hydrogens (tertiary/aromatic N) is 2. The van der Waals surface area contributed by atoms with Gasteiger partial charge in [-0.1, -0.05) is 54.1 Å². The van der Waals surface area contributed by atoms with Crippen molar-refractivity contribution in [3.05, 3.63) is 94.0 Å². The summed E-state index contributed by atoms with van der Waals surface area (Å²) in [6.45, 7) is 0.385. The second-order valence-corrected chi connectivity index (χ2v) is 7.55. The van der Waals surface area contributed by atoms with E-state index >= 15 is 0 Å². The van der Waals surface area contributed by atoms with Crippen LogP contribution in [-0.4, -0.2) is 4.98 Å². The molecule has 0 aliphatic carbocycles. The zero-order chi connectivity index (χ0) is 19.3. The van der Waals surface area contributed by atoms with Crippen molar-refractivity contribution < 1.29 is 4.74 Å². The van der Waals surface area contributed by atoms with Gasteiger partial charge in [0, 0.05) is 10.6 Å². The molecule has 0 amide bonds. The van der Waals surface area contributed by atoms with Gasteiger partial charge < -0.3 is 4.74 Å². The summed E-state index contributed by atoms with van der Waals surface area (Å²) in [7, 11) is 0. The molecule has 0 atom stereocenters. The normalized spacial score (nSPS) is 11.4. The average Bonchev–Trinajstić information content (AvgIpc) is 3.16. The lowest BCUT2D eigenvalue weighted by Gasteiger charge is -2.08. The molecule has 0 unspecified atom stereocenters. The molecule has 0 aliphatic rings. The van der Waals surface area contributed by atoms with E-state index in [9.17, 15) is 5.26 Å². The van der Waals surface area contributed by atoms with Crippen LogP contribution in [0, 0.1) is 11.3 Å². The molecule has 4 rings (SSSR count). The van der Waals surface area contributed by atoms with Gasteiger partial charge in [0.15, 0.2) is 0 Å². The minimum absolute atomic E-state index is 0.385. The maximum Gasteiger partial charge on any atom is 0.135 e. The summed E-state index contributed by atoms with van der Waals surface area (Å²) in [5.41, 5.74) is 3.25. The number of ether oxygens (including phenoxy) is 1. The summed E-state index contributed by atoms with van der Waals surface area (Å²) in [6, 6.07) is 25.4. The van der Waals surface area contributed by atoms with Gasteiger partial charge in [-0.3, -0.25) is 0 Å².